The molecule has 2 bridgehead atoms. The number of carbonyl (C=O) groups excluding carboxylic acids is 2. The predicted molar refractivity (Wildman–Crippen MR) is 37.8 cm³/mol. The lowest BCUT2D eigenvalue weighted by atomic mass is 9.88. The second-order valence-corrected chi connectivity index (χ2v) is 4.12. The van der Waals surface area contributed by atoms with Crippen molar-refractivity contribution in [2.24, 2.45) is 23.7 Å². The van der Waals surface area contributed by atoms with E-state index in [0.29, 0.717) is 29.8 Å². The average Bonchev–Trinajstić information content (AvgIpc) is 2.53. The van der Waals surface area contributed by atoms with E-state index in [1.165, 1.54) is 0 Å². The van der Waals surface area contributed by atoms with E-state index in [0.717, 1.165) is 12.8 Å². The Kier molecular flexibility index (Phi) is 0.846. The van der Waals surface area contributed by atoms with Gasteiger partial charge in [-0.15, -0.1) is 0 Å². The third-order valence-electron chi connectivity index (χ3n) is 3.73. The molecule has 0 aromatic heterocycles. The number of carbonyl (C=O) groups is 2. The van der Waals surface area contributed by atoms with Crippen LogP contribution in [0.1, 0.15) is 19.3 Å². The number of hydrogen-bond acceptors (Lipinski definition) is 2. The van der Waals surface area contributed by atoms with E-state index in [4.69, 9.17) is 0 Å². The Morgan fingerprint density at radius 2 is 1.91 bits per heavy atom. The molecule has 3 aliphatic rings. The summed E-state index contributed by atoms with van der Waals surface area (Å²) in [4.78, 5) is 22.7. The molecule has 0 aromatic rings. The molecule has 58 valence electrons. The van der Waals surface area contributed by atoms with Crippen LogP contribution in [0.3, 0.4) is 0 Å². The summed E-state index contributed by atoms with van der Waals surface area (Å²) < 4.78 is 0. The zero-order valence-corrected chi connectivity index (χ0v) is 6.25. The quantitative estimate of drug-likeness (QED) is 0.512. The summed E-state index contributed by atoms with van der Waals surface area (Å²) in [6.45, 7) is 0. The van der Waals surface area contributed by atoms with Crippen LogP contribution in [0.5, 0.6) is 0 Å². The summed E-state index contributed by atoms with van der Waals surface area (Å²) in [6.07, 6.45) is 2.49. The second-order valence-electron chi connectivity index (χ2n) is 4.12. The first-order valence-corrected chi connectivity index (χ1v) is 4.34. The van der Waals surface area contributed by atoms with Gasteiger partial charge in [-0.1, -0.05) is 0 Å². The lowest BCUT2D eigenvalue weighted by Crippen LogP contribution is -2.20. The molecule has 0 spiro atoms. The Balaban J connectivity index is 2.10. The first-order chi connectivity index (χ1) is 5.27. The number of ketones is 2. The van der Waals surface area contributed by atoms with Crippen molar-refractivity contribution in [2.45, 2.75) is 19.3 Å². The van der Waals surface area contributed by atoms with E-state index in [-0.39, 0.29) is 11.8 Å². The lowest BCUT2D eigenvalue weighted by Gasteiger charge is -2.14. The maximum Gasteiger partial charge on any atom is 0.139 e. The van der Waals surface area contributed by atoms with E-state index in [2.05, 4.69) is 0 Å². The van der Waals surface area contributed by atoms with Crippen LogP contribution in [-0.4, -0.2) is 11.6 Å². The molecule has 4 unspecified atom stereocenters. The molecule has 2 heteroatoms. The van der Waals surface area contributed by atoms with E-state index in [1.807, 2.05) is 0 Å². The van der Waals surface area contributed by atoms with Crippen LogP contribution in [0, 0.1) is 23.7 Å². The Labute approximate surface area is 65.0 Å². The zero-order chi connectivity index (χ0) is 7.59. The van der Waals surface area contributed by atoms with Gasteiger partial charge < -0.3 is 0 Å². The topological polar surface area (TPSA) is 34.1 Å². The normalized spacial score (nSPS) is 52.7. The minimum absolute atomic E-state index is 0.159. The fraction of sp³-hybridized carbons (Fsp3) is 0.778. The summed E-state index contributed by atoms with van der Waals surface area (Å²) in [6, 6.07) is 0. The molecule has 0 aromatic carbocycles. The highest BCUT2D eigenvalue weighted by atomic mass is 16.1. The second kappa shape index (κ2) is 1.57. The largest absolute Gasteiger partial charge is 0.299 e. The van der Waals surface area contributed by atoms with Crippen LogP contribution < -0.4 is 0 Å². The summed E-state index contributed by atoms with van der Waals surface area (Å²) in [5.41, 5.74) is 0. The van der Waals surface area contributed by atoms with Gasteiger partial charge in [-0.25, -0.2) is 0 Å². The van der Waals surface area contributed by atoms with Gasteiger partial charge in [0.25, 0.3) is 0 Å². The van der Waals surface area contributed by atoms with Gasteiger partial charge in [-0.05, 0) is 18.8 Å². The van der Waals surface area contributed by atoms with Gasteiger partial charge in [0.05, 0.1) is 0 Å². The van der Waals surface area contributed by atoms with Crippen LogP contribution in [0.4, 0.5) is 0 Å². The molecule has 3 rings (SSSR count). The van der Waals surface area contributed by atoms with E-state index in [1.54, 1.807) is 0 Å². The van der Waals surface area contributed by atoms with Gasteiger partial charge >= 0.3 is 0 Å². The molecule has 0 amide bonds. The highest BCUT2D eigenvalue weighted by molar-refractivity contribution is 5.98. The molecule has 3 aliphatic carbocycles. The zero-order valence-electron chi connectivity index (χ0n) is 6.25. The van der Waals surface area contributed by atoms with Crippen molar-refractivity contribution in [3.63, 3.8) is 0 Å². The third kappa shape index (κ3) is 0.512. The molecule has 3 fully saturated rings. The van der Waals surface area contributed by atoms with E-state index in [9.17, 15) is 9.59 Å². The van der Waals surface area contributed by atoms with Gasteiger partial charge in [-0.2, -0.15) is 0 Å². The fourth-order valence-electron chi connectivity index (χ4n) is 3.25. The minimum atomic E-state index is 0.159. The molecular formula is C9H10O2. The monoisotopic (exact) mass is 150 g/mol. The molecule has 2 nitrogen and oxygen atoms in total. The molecule has 4 atom stereocenters. The molecule has 0 aliphatic heterocycles. The van der Waals surface area contributed by atoms with Gasteiger partial charge in [0.2, 0.25) is 0 Å². The van der Waals surface area contributed by atoms with E-state index < -0.39 is 0 Å². The maximum absolute atomic E-state index is 11.4. The van der Waals surface area contributed by atoms with Gasteiger partial charge in [0.1, 0.15) is 11.6 Å². The highest BCUT2D eigenvalue weighted by Gasteiger charge is 2.58. The number of Topliss-reactive ketones (excluding diaryl/α,β-unsaturated/α-hetero) is 2. The molecule has 0 heterocycles. The first-order valence-electron chi connectivity index (χ1n) is 4.34. The van der Waals surface area contributed by atoms with Gasteiger partial charge in [0.15, 0.2) is 0 Å². The number of fused-ring (bicyclic) bond motifs is 1. The van der Waals surface area contributed by atoms with Crippen LogP contribution in [0.15, 0.2) is 0 Å². The Morgan fingerprint density at radius 3 is 2.55 bits per heavy atom. The van der Waals surface area contributed by atoms with Gasteiger partial charge in [-0.3, -0.25) is 9.59 Å². The van der Waals surface area contributed by atoms with Crippen molar-refractivity contribution >= 4 is 11.6 Å². The van der Waals surface area contributed by atoms with Crippen molar-refractivity contribution in [1.29, 1.82) is 0 Å². The molecule has 0 radical (unpaired) electrons. The predicted octanol–water partition coefficient (Wildman–Crippen LogP) is 0.800. The minimum Gasteiger partial charge on any atom is -0.299 e. The summed E-state index contributed by atoms with van der Waals surface area (Å²) in [5, 5.41) is 0. The van der Waals surface area contributed by atoms with Gasteiger partial charge in [0, 0.05) is 24.2 Å². The Hall–Kier alpha value is -0.660. The maximum atomic E-state index is 11.4. The molecular weight excluding hydrogens is 140 g/mol. The molecule has 0 saturated heterocycles. The number of rotatable bonds is 0. The van der Waals surface area contributed by atoms with Crippen LogP contribution in [-0.2, 0) is 9.59 Å². The Morgan fingerprint density at radius 1 is 1.09 bits per heavy atom. The molecule has 11 heavy (non-hydrogen) atoms. The van der Waals surface area contributed by atoms with Crippen molar-refractivity contribution in [3.05, 3.63) is 0 Å². The van der Waals surface area contributed by atoms with Crippen molar-refractivity contribution in [1.82, 2.24) is 0 Å². The number of hydrogen-bond donors (Lipinski definition) is 0. The van der Waals surface area contributed by atoms with Crippen molar-refractivity contribution < 1.29 is 9.59 Å². The standard InChI is InChI=1S/C9H10O2/c10-8-3-7-5-1-4(9(7)11)2-6(5)8/h4-7H,1-3H2. The molecule has 0 N–H and O–H groups in total. The smallest absolute Gasteiger partial charge is 0.139 e. The van der Waals surface area contributed by atoms with Crippen LogP contribution >= 0.6 is 0 Å². The van der Waals surface area contributed by atoms with Crippen LogP contribution in [0.25, 0.3) is 0 Å². The third-order valence-corrected chi connectivity index (χ3v) is 3.73. The Bertz CT molecular complexity index is 256. The average molecular weight is 150 g/mol. The highest BCUT2D eigenvalue weighted by Crippen LogP contribution is 2.56. The SMILES string of the molecule is O=C1CC2C(=O)C3CC1C2C3. The summed E-state index contributed by atoms with van der Waals surface area (Å²) in [5.74, 6) is 1.97. The van der Waals surface area contributed by atoms with Crippen molar-refractivity contribution in [3.8, 4) is 0 Å². The fourth-order valence-corrected chi connectivity index (χ4v) is 3.25. The van der Waals surface area contributed by atoms with E-state index >= 15 is 0 Å². The lowest BCUT2D eigenvalue weighted by molar-refractivity contribution is -0.125. The molecule has 3 saturated carbocycles. The summed E-state index contributed by atoms with van der Waals surface area (Å²) in [7, 11) is 0. The van der Waals surface area contributed by atoms with Crippen LogP contribution in [0.2, 0.25) is 0 Å². The summed E-state index contributed by atoms with van der Waals surface area (Å²) >= 11 is 0. The first kappa shape index (κ1) is 5.92. The van der Waals surface area contributed by atoms with Crippen molar-refractivity contribution in [2.75, 3.05) is 0 Å².